The van der Waals surface area contributed by atoms with E-state index in [1.165, 1.54) is 6.07 Å². The first-order valence-electron chi connectivity index (χ1n) is 5.03. The van der Waals surface area contributed by atoms with E-state index in [0.717, 1.165) is 12.1 Å². The maximum Gasteiger partial charge on any atom is 0.344 e. The lowest BCUT2D eigenvalue weighted by Crippen LogP contribution is -2.30. The Hall–Kier alpha value is -1.69. The number of nitrogens with one attached hydrogen (secondary N) is 1. The minimum atomic E-state index is -1.15. The number of carboxylic acid groups (broad SMARTS) is 1. The number of benzene rings is 1. The smallest absolute Gasteiger partial charge is 0.344 e. The largest absolute Gasteiger partial charge is 0.479 e. The molecule has 0 aliphatic rings. The maximum atomic E-state index is 12.9. The first-order chi connectivity index (χ1) is 8.04. The van der Waals surface area contributed by atoms with Crippen molar-refractivity contribution in [2.24, 2.45) is 0 Å². The van der Waals surface area contributed by atoms with Crippen LogP contribution in [0.15, 0.2) is 18.2 Å². The molecule has 0 fully saturated rings. The highest BCUT2D eigenvalue weighted by atomic mass is 19.2. The molecule has 94 valence electrons. The molecule has 1 atom stereocenters. The summed E-state index contributed by atoms with van der Waals surface area (Å²) in [6.07, 6.45) is -0.863. The van der Waals surface area contributed by atoms with Crippen molar-refractivity contribution < 1.29 is 23.4 Å². The molecular weight excluding hydrogens is 232 g/mol. The van der Waals surface area contributed by atoms with Gasteiger partial charge in [0.25, 0.3) is 0 Å². The molecule has 0 heterocycles. The van der Waals surface area contributed by atoms with Gasteiger partial charge in [-0.3, -0.25) is 0 Å². The van der Waals surface area contributed by atoms with Crippen LogP contribution in [0.2, 0.25) is 0 Å². The third kappa shape index (κ3) is 3.99. The van der Waals surface area contributed by atoms with Gasteiger partial charge in [-0.15, -0.1) is 0 Å². The second kappa shape index (κ2) is 6.15. The SMILES string of the molecule is CNCCC(Oc1ccc(F)c(F)c1)C(=O)O. The summed E-state index contributed by atoms with van der Waals surface area (Å²) in [4.78, 5) is 10.8. The summed E-state index contributed by atoms with van der Waals surface area (Å²) in [6.45, 7) is 0.445. The molecule has 0 spiro atoms. The monoisotopic (exact) mass is 245 g/mol. The zero-order valence-electron chi connectivity index (χ0n) is 9.24. The fourth-order valence-electron chi connectivity index (χ4n) is 1.22. The Morgan fingerprint density at radius 3 is 2.71 bits per heavy atom. The maximum absolute atomic E-state index is 12.9. The third-order valence-electron chi connectivity index (χ3n) is 2.10. The van der Waals surface area contributed by atoms with E-state index >= 15 is 0 Å². The molecule has 0 aliphatic heterocycles. The van der Waals surface area contributed by atoms with Crippen LogP contribution >= 0.6 is 0 Å². The van der Waals surface area contributed by atoms with Gasteiger partial charge in [0.1, 0.15) is 5.75 Å². The molecule has 1 unspecified atom stereocenters. The van der Waals surface area contributed by atoms with Crippen LogP contribution in [0.5, 0.6) is 5.75 Å². The Labute approximate surface area is 97.2 Å². The zero-order chi connectivity index (χ0) is 12.8. The number of aliphatic carboxylic acids is 1. The Morgan fingerprint density at radius 2 is 2.18 bits per heavy atom. The molecule has 1 rings (SSSR count). The first kappa shape index (κ1) is 13.4. The van der Waals surface area contributed by atoms with Crippen LogP contribution in [0.3, 0.4) is 0 Å². The minimum absolute atomic E-state index is 0.00703. The van der Waals surface area contributed by atoms with E-state index in [2.05, 4.69) is 5.32 Å². The van der Waals surface area contributed by atoms with Crippen LogP contribution in [0, 0.1) is 11.6 Å². The van der Waals surface area contributed by atoms with E-state index in [-0.39, 0.29) is 12.2 Å². The lowest BCUT2D eigenvalue weighted by Gasteiger charge is -2.14. The highest BCUT2D eigenvalue weighted by Crippen LogP contribution is 2.17. The van der Waals surface area contributed by atoms with Crippen LogP contribution in [-0.4, -0.2) is 30.8 Å². The number of hydrogen-bond donors (Lipinski definition) is 2. The van der Waals surface area contributed by atoms with Crippen molar-refractivity contribution in [1.29, 1.82) is 0 Å². The highest BCUT2D eigenvalue weighted by molar-refractivity contribution is 5.72. The average molecular weight is 245 g/mol. The van der Waals surface area contributed by atoms with E-state index in [4.69, 9.17) is 9.84 Å². The fourth-order valence-corrected chi connectivity index (χ4v) is 1.22. The van der Waals surface area contributed by atoms with Crippen LogP contribution < -0.4 is 10.1 Å². The van der Waals surface area contributed by atoms with Crippen LogP contribution in [0.1, 0.15) is 6.42 Å². The number of carbonyl (C=O) groups is 1. The molecule has 0 aromatic heterocycles. The van der Waals surface area contributed by atoms with Crippen molar-refractivity contribution in [3.63, 3.8) is 0 Å². The minimum Gasteiger partial charge on any atom is -0.479 e. The van der Waals surface area contributed by atoms with E-state index < -0.39 is 23.7 Å². The van der Waals surface area contributed by atoms with Crippen molar-refractivity contribution >= 4 is 5.97 Å². The normalized spacial score (nSPS) is 12.2. The van der Waals surface area contributed by atoms with E-state index in [9.17, 15) is 13.6 Å². The Kier molecular flexibility index (Phi) is 4.84. The molecule has 0 saturated heterocycles. The highest BCUT2D eigenvalue weighted by Gasteiger charge is 2.19. The van der Waals surface area contributed by atoms with Gasteiger partial charge in [0.2, 0.25) is 0 Å². The van der Waals surface area contributed by atoms with Crippen molar-refractivity contribution in [3.05, 3.63) is 29.8 Å². The number of rotatable bonds is 6. The van der Waals surface area contributed by atoms with Gasteiger partial charge in [0, 0.05) is 12.5 Å². The summed E-state index contributed by atoms with van der Waals surface area (Å²) in [5.74, 6) is -3.22. The van der Waals surface area contributed by atoms with Crippen molar-refractivity contribution in [2.75, 3.05) is 13.6 Å². The molecule has 2 N–H and O–H groups in total. The summed E-state index contributed by atoms with van der Waals surface area (Å²) in [5.41, 5.74) is 0. The fraction of sp³-hybridized carbons (Fsp3) is 0.364. The summed E-state index contributed by atoms with van der Waals surface area (Å²) >= 11 is 0. The summed E-state index contributed by atoms with van der Waals surface area (Å²) < 4.78 is 30.6. The molecule has 0 bridgehead atoms. The lowest BCUT2D eigenvalue weighted by molar-refractivity contribution is -0.145. The van der Waals surface area contributed by atoms with Crippen molar-refractivity contribution in [3.8, 4) is 5.75 Å². The Balaban J connectivity index is 2.71. The van der Waals surface area contributed by atoms with Crippen molar-refractivity contribution in [1.82, 2.24) is 5.32 Å². The second-order valence-corrected chi connectivity index (χ2v) is 3.41. The first-order valence-corrected chi connectivity index (χ1v) is 5.03. The van der Waals surface area contributed by atoms with Gasteiger partial charge in [0.05, 0.1) is 0 Å². The van der Waals surface area contributed by atoms with E-state index in [1.54, 1.807) is 7.05 Å². The molecular formula is C11H13F2NO3. The van der Waals surface area contributed by atoms with Crippen LogP contribution in [0.4, 0.5) is 8.78 Å². The third-order valence-corrected chi connectivity index (χ3v) is 2.10. The van der Waals surface area contributed by atoms with Crippen molar-refractivity contribution in [2.45, 2.75) is 12.5 Å². The molecule has 0 aliphatic carbocycles. The standard InChI is InChI=1S/C11H13F2NO3/c1-14-5-4-10(11(15)16)17-7-2-3-8(12)9(13)6-7/h2-3,6,10,14H,4-5H2,1H3,(H,15,16). The quantitative estimate of drug-likeness (QED) is 0.795. The van der Waals surface area contributed by atoms with E-state index in [0.29, 0.717) is 6.54 Å². The number of halogens is 2. The Bertz CT molecular complexity index is 398. The van der Waals surface area contributed by atoms with Crippen LogP contribution in [-0.2, 0) is 4.79 Å². The number of ether oxygens (including phenoxy) is 1. The molecule has 0 radical (unpaired) electrons. The van der Waals surface area contributed by atoms with Gasteiger partial charge >= 0.3 is 5.97 Å². The zero-order valence-corrected chi connectivity index (χ0v) is 9.24. The van der Waals surface area contributed by atoms with Gasteiger partial charge in [-0.2, -0.15) is 0 Å². The van der Waals surface area contributed by atoms with Gasteiger partial charge in [-0.05, 0) is 25.7 Å². The predicted octanol–water partition coefficient (Wildman–Crippen LogP) is 1.41. The second-order valence-electron chi connectivity index (χ2n) is 3.41. The van der Waals surface area contributed by atoms with Gasteiger partial charge in [-0.25, -0.2) is 13.6 Å². The van der Waals surface area contributed by atoms with Gasteiger partial charge in [0.15, 0.2) is 17.7 Å². The lowest BCUT2D eigenvalue weighted by atomic mass is 10.2. The molecule has 1 aromatic carbocycles. The molecule has 1 aromatic rings. The number of hydrogen-bond acceptors (Lipinski definition) is 3. The van der Waals surface area contributed by atoms with Crippen LogP contribution in [0.25, 0.3) is 0 Å². The molecule has 0 saturated carbocycles. The molecule has 17 heavy (non-hydrogen) atoms. The molecule has 4 nitrogen and oxygen atoms in total. The predicted molar refractivity (Wildman–Crippen MR) is 57.0 cm³/mol. The molecule has 6 heteroatoms. The molecule has 0 amide bonds. The summed E-state index contributed by atoms with van der Waals surface area (Å²) in [5, 5.41) is 11.6. The average Bonchev–Trinajstić information content (AvgIpc) is 2.28. The topological polar surface area (TPSA) is 58.6 Å². The van der Waals surface area contributed by atoms with Gasteiger partial charge < -0.3 is 15.2 Å². The summed E-state index contributed by atoms with van der Waals surface area (Å²) in [6, 6.07) is 2.90. The number of carboxylic acids is 1. The van der Waals surface area contributed by atoms with Gasteiger partial charge in [-0.1, -0.05) is 0 Å². The Morgan fingerprint density at radius 1 is 1.47 bits per heavy atom. The van der Waals surface area contributed by atoms with E-state index in [1.807, 2.05) is 0 Å². The summed E-state index contributed by atoms with van der Waals surface area (Å²) in [7, 11) is 1.68.